The third-order valence-corrected chi connectivity index (χ3v) is 2.27. The molecule has 1 aliphatic heterocycles. The lowest BCUT2D eigenvalue weighted by atomic mass is 10.3. The molecule has 0 saturated carbocycles. The minimum absolute atomic E-state index is 0.0251. The fourth-order valence-corrected chi connectivity index (χ4v) is 1.65. The molecule has 0 bridgehead atoms. The van der Waals surface area contributed by atoms with Gasteiger partial charge in [0.2, 0.25) is 0 Å². The molecular formula is C7H9NO2S. The predicted molar refractivity (Wildman–Crippen MR) is 43.3 cm³/mol. The van der Waals surface area contributed by atoms with Crippen molar-refractivity contribution < 1.29 is 9.47 Å². The van der Waals surface area contributed by atoms with Gasteiger partial charge in [0.05, 0.1) is 0 Å². The van der Waals surface area contributed by atoms with Crippen molar-refractivity contribution in [1.82, 2.24) is 0 Å². The highest BCUT2D eigenvalue weighted by Gasteiger charge is 2.19. The Kier molecular flexibility index (Phi) is 1.71. The van der Waals surface area contributed by atoms with Crippen molar-refractivity contribution in [2.75, 3.05) is 13.2 Å². The summed E-state index contributed by atoms with van der Waals surface area (Å²) in [7, 11) is 0. The van der Waals surface area contributed by atoms with Crippen LogP contribution in [0.3, 0.4) is 0 Å². The lowest BCUT2D eigenvalue weighted by Gasteiger charge is -2.22. The number of thiophene rings is 1. The van der Waals surface area contributed by atoms with Gasteiger partial charge in [0, 0.05) is 17.3 Å². The van der Waals surface area contributed by atoms with E-state index in [1.807, 2.05) is 10.8 Å². The van der Waals surface area contributed by atoms with Crippen LogP contribution in [0.2, 0.25) is 0 Å². The maximum Gasteiger partial charge on any atom is 0.172 e. The molecule has 1 aromatic heterocycles. The van der Waals surface area contributed by atoms with E-state index in [9.17, 15) is 0 Å². The summed E-state index contributed by atoms with van der Waals surface area (Å²) >= 11 is 1.58. The van der Waals surface area contributed by atoms with Crippen molar-refractivity contribution in [1.29, 1.82) is 0 Å². The van der Waals surface area contributed by atoms with Crippen molar-refractivity contribution in [2.45, 2.75) is 6.10 Å². The van der Waals surface area contributed by atoms with Gasteiger partial charge in [-0.3, -0.25) is 0 Å². The molecule has 1 unspecified atom stereocenters. The summed E-state index contributed by atoms with van der Waals surface area (Å²) in [5.74, 6) is 1.68. The molecular weight excluding hydrogens is 162 g/mol. The average molecular weight is 171 g/mol. The Morgan fingerprint density at radius 1 is 1.55 bits per heavy atom. The number of hydrogen-bond donors (Lipinski definition) is 1. The van der Waals surface area contributed by atoms with E-state index >= 15 is 0 Å². The summed E-state index contributed by atoms with van der Waals surface area (Å²) in [5.41, 5.74) is 5.43. The first-order chi connectivity index (χ1) is 5.40. The van der Waals surface area contributed by atoms with E-state index in [-0.39, 0.29) is 6.10 Å². The van der Waals surface area contributed by atoms with Crippen LogP contribution >= 0.6 is 11.3 Å². The fourth-order valence-electron chi connectivity index (χ4n) is 0.977. The zero-order valence-electron chi connectivity index (χ0n) is 5.95. The number of rotatable bonds is 1. The zero-order valence-corrected chi connectivity index (χ0v) is 6.76. The normalized spacial score (nSPS) is 21.7. The minimum atomic E-state index is 0.0251. The van der Waals surface area contributed by atoms with Crippen LogP contribution in [-0.4, -0.2) is 19.3 Å². The Balaban J connectivity index is 2.18. The van der Waals surface area contributed by atoms with Gasteiger partial charge in [-0.2, -0.15) is 0 Å². The molecule has 0 saturated heterocycles. The fraction of sp³-hybridized carbons (Fsp3) is 0.429. The van der Waals surface area contributed by atoms with E-state index in [2.05, 4.69) is 0 Å². The molecule has 1 aliphatic rings. The van der Waals surface area contributed by atoms with E-state index in [4.69, 9.17) is 15.2 Å². The van der Waals surface area contributed by atoms with Crippen LogP contribution < -0.4 is 15.2 Å². The molecule has 11 heavy (non-hydrogen) atoms. The molecule has 0 aliphatic carbocycles. The number of ether oxygens (including phenoxy) is 2. The van der Waals surface area contributed by atoms with Crippen molar-refractivity contribution >= 4 is 11.3 Å². The standard InChI is InChI=1S/C7H9NO2S/c8-1-5-2-9-6-3-11-4-7(6)10-5/h3-5H,1-2,8H2. The molecule has 0 amide bonds. The van der Waals surface area contributed by atoms with Crippen LogP contribution in [0.4, 0.5) is 0 Å². The van der Waals surface area contributed by atoms with Crippen LogP contribution in [0, 0.1) is 0 Å². The third kappa shape index (κ3) is 1.19. The van der Waals surface area contributed by atoms with Gasteiger partial charge in [-0.1, -0.05) is 0 Å². The van der Waals surface area contributed by atoms with E-state index in [1.165, 1.54) is 0 Å². The summed E-state index contributed by atoms with van der Waals surface area (Å²) in [6.07, 6.45) is 0.0251. The van der Waals surface area contributed by atoms with Gasteiger partial charge in [-0.05, 0) is 0 Å². The van der Waals surface area contributed by atoms with E-state index < -0.39 is 0 Å². The largest absolute Gasteiger partial charge is 0.485 e. The highest BCUT2D eigenvalue weighted by molar-refractivity contribution is 7.08. The van der Waals surface area contributed by atoms with Gasteiger partial charge in [0.25, 0.3) is 0 Å². The second kappa shape index (κ2) is 2.71. The predicted octanol–water partition coefficient (Wildman–Crippen LogP) is 0.847. The third-order valence-electron chi connectivity index (χ3n) is 1.57. The van der Waals surface area contributed by atoms with Gasteiger partial charge >= 0.3 is 0 Å². The molecule has 1 aromatic rings. The number of nitrogens with two attached hydrogens (primary N) is 1. The Labute approximate surface area is 68.7 Å². The molecule has 0 fully saturated rings. The van der Waals surface area contributed by atoms with Crippen molar-refractivity contribution in [3.8, 4) is 11.5 Å². The van der Waals surface area contributed by atoms with Crippen LogP contribution in [0.5, 0.6) is 11.5 Å². The monoisotopic (exact) mass is 171 g/mol. The minimum Gasteiger partial charge on any atom is -0.485 e. The van der Waals surface area contributed by atoms with Crippen molar-refractivity contribution in [2.24, 2.45) is 5.73 Å². The molecule has 0 aromatic carbocycles. The molecule has 3 nitrogen and oxygen atoms in total. The molecule has 1 atom stereocenters. The first kappa shape index (κ1) is 6.94. The Bertz CT molecular complexity index is 248. The Morgan fingerprint density at radius 3 is 3.18 bits per heavy atom. The topological polar surface area (TPSA) is 44.5 Å². The maximum atomic E-state index is 5.48. The average Bonchev–Trinajstić information content (AvgIpc) is 2.50. The first-order valence-corrected chi connectivity index (χ1v) is 4.40. The van der Waals surface area contributed by atoms with Crippen LogP contribution in [-0.2, 0) is 0 Å². The van der Waals surface area contributed by atoms with Gasteiger partial charge in [-0.15, -0.1) is 11.3 Å². The first-order valence-electron chi connectivity index (χ1n) is 3.46. The van der Waals surface area contributed by atoms with Gasteiger partial charge in [0.1, 0.15) is 12.7 Å². The van der Waals surface area contributed by atoms with E-state index in [0.717, 1.165) is 11.5 Å². The molecule has 2 N–H and O–H groups in total. The Morgan fingerprint density at radius 2 is 2.36 bits per heavy atom. The Hall–Kier alpha value is -0.740. The quantitative estimate of drug-likeness (QED) is 0.681. The molecule has 0 spiro atoms. The zero-order chi connectivity index (χ0) is 7.68. The molecule has 0 radical (unpaired) electrons. The lowest BCUT2D eigenvalue weighted by molar-refractivity contribution is 0.0983. The van der Waals surface area contributed by atoms with Crippen LogP contribution in [0.25, 0.3) is 0 Å². The van der Waals surface area contributed by atoms with Gasteiger partial charge in [-0.25, -0.2) is 0 Å². The highest BCUT2D eigenvalue weighted by Crippen LogP contribution is 2.34. The second-order valence-electron chi connectivity index (χ2n) is 2.39. The summed E-state index contributed by atoms with van der Waals surface area (Å²) in [5, 5.41) is 3.86. The smallest absolute Gasteiger partial charge is 0.172 e. The van der Waals surface area contributed by atoms with E-state index in [1.54, 1.807) is 11.3 Å². The molecule has 60 valence electrons. The summed E-state index contributed by atoms with van der Waals surface area (Å²) < 4.78 is 10.9. The second-order valence-corrected chi connectivity index (χ2v) is 3.13. The molecule has 2 rings (SSSR count). The lowest BCUT2D eigenvalue weighted by Crippen LogP contribution is -2.35. The summed E-state index contributed by atoms with van der Waals surface area (Å²) in [6, 6.07) is 0. The van der Waals surface area contributed by atoms with Crippen LogP contribution in [0.15, 0.2) is 10.8 Å². The van der Waals surface area contributed by atoms with Crippen molar-refractivity contribution in [3.05, 3.63) is 10.8 Å². The van der Waals surface area contributed by atoms with Crippen molar-refractivity contribution in [3.63, 3.8) is 0 Å². The number of hydrogen-bond acceptors (Lipinski definition) is 4. The molecule has 2 heterocycles. The maximum absolute atomic E-state index is 5.48. The van der Waals surface area contributed by atoms with E-state index in [0.29, 0.717) is 13.2 Å². The summed E-state index contributed by atoms with van der Waals surface area (Å²) in [4.78, 5) is 0. The highest BCUT2D eigenvalue weighted by atomic mass is 32.1. The van der Waals surface area contributed by atoms with Gasteiger partial charge < -0.3 is 15.2 Å². The van der Waals surface area contributed by atoms with Gasteiger partial charge in [0.15, 0.2) is 11.5 Å². The summed E-state index contributed by atoms with van der Waals surface area (Å²) in [6.45, 7) is 1.08. The number of fused-ring (bicyclic) bond motifs is 1. The van der Waals surface area contributed by atoms with Crippen LogP contribution in [0.1, 0.15) is 0 Å². The molecule has 4 heteroatoms. The SMILES string of the molecule is NCC1COc2cscc2O1.